The van der Waals surface area contributed by atoms with Gasteiger partial charge in [0.1, 0.15) is 22.9 Å². The number of methoxy groups -OCH3 is 2. The van der Waals surface area contributed by atoms with Crippen LogP contribution in [0.15, 0.2) is 60.9 Å². The number of amides is 2. The lowest BCUT2D eigenvalue weighted by molar-refractivity contribution is 0.101. The van der Waals surface area contributed by atoms with Crippen molar-refractivity contribution >= 4 is 37.8 Å². The molecule has 0 saturated heterocycles. The Balaban J connectivity index is 1.43. The third kappa shape index (κ3) is 9.46. The maximum atomic E-state index is 13.4. The molecule has 0 atom stereocenters. The minimum absolute atomic E-state index is 0.111. The molecule has 0 spiro atoms. The van der Waals surface area contributed by atoms with Crippen molar-refractivity contribution < 1.29 is 28.3 Å². The molecule has 4 aromatic rings. The van der Waals surface area contributed by atoms with E-state index in [0.29, 0.717) is 36.6 Å². The first-order valence-electron chi connectivity index (χ1n) is 16.9. The first kappa shape index (κ1) is 38.9. The van der Waals surface area contributed by atoms with Gasteiger partial charge in [0.15, 0.2) is 14.6 Å². The summed E-state index contributed by atoms with van der Waals surface area (Å²) in [6.07, 6.45) is 4.49. The number of hydrogen-bond acceptors (Lipinski definition) is 9. The Bertz CT molecular complexity index is 1890. The largest absolute Gasteiger partial charge is 0.496 e. The molecule has 0 unspecified atom stereocenters. The topological polar surface area (TPSA) is 141 Å². The molecule has 0 aliphatic carbocycles. The molecule has 11 nitrogen and oxygen atoms in total. The molecular weight excluding hydrogens is 663 g/mol. The van der Waals surface area contributed by atoms with E-state index in [9.17, 15) is 14.4 Å². The fourth-order valence-electron chi connectivity index (χ4n) is 5.21. The van der Waals surface area contributed by atoms with Crippen LogP contribution in [-0.4, -0.2) is 63.8 Å². The highest BCUT2D eigenvalue weighted by atomic mass is 28.4. The molecule has 2 amide bonds. The zero-order chi connectivity index (χ0) is 37.3. The number of carbonyl (C=O) groups is 3. The van der Waals surface area contributed by atoms with Crippen LogP contribution in [-0.2, 0) is 11.0 Å². The Hall–Kier alpha value is -4.91. The Morgan fingerprint density at radius 3 is 1.86 bits per heavy atom. The molecule has 51 heavy (non-hydrogen) atoms. The number of aromatic nitrogens is 2. The number of nitrogens with one attached hydrogen (secondary N) is 3. The van der Waals surface area contributed by atoms with Gasteiger partial charge in [0, 0.05) is 54.6 Å². The number of aldehydes is 1. The Morgan fingerprint density at radius 1 is 0.824 bits per heavy atom. The van der Waals surface area contributed by atoms with Crippen molar-refractivity contribution in [2.75, 3.05) is 38.0 Å². The van der Waals surface area contributed by atoms with Crippen LogP contribution in [0.1, 0.15) is 75.2 Å². The number of anilines is 2. The molecule has 3 N–H and O–H groups in total. The van der Waals surface area contributed by atoms with E-state index in [2.05, 4.69) is 59.8 Å². The fraction of sp³-hybridized carbons (Fsp3) is 0.359. The number of rotatable bonds is 15. The maximum Gasteiger partial charge on any atom is 0.274 e. The van der Waals surface area contributed by atoms with E-state index in [1.807, 2.05) is 44.2 Å². The minimum atomic E-state index is -1.76. The van der Waals surface area contributed by atoms with E-state index >= 15 is 0 Å². The summed E-state index contributed by atoms with van der Waals surface area (Å²) in [5.74, 6) is 0.0338. The molecule has 0 bridgehead atoms. The zero-order valence-electron chi connectivity index (χ0n) is 31.0. The molecule has 2 heterocycles. The number of hydrogen-bond donors (Lipinski definition) is 3. The van der Waals surface area contributed by atoms with Crippen molar-refractivity contribution in [2.24, 2.45) is 0 Å². The van der Waals surface area contributed by atoms with Crippen LogP contribution in [0.4, 0.5) is 11.4 Å². The maximum absolute atomic E-state index is 13.4. The minimum Gasteiger partial charge on any atom is -0.496 e. The Kier molecular flexibility index (Phi) is 12.9. The average Bonchev–Trinajstić information content (AvgIpc) is 3.10. The van der Waals surface area contributed by atoms with Gasteiger partial charge in [-0.1, -0.05) is 45.0 Å². The van der Waals surface area contributed by atoms with Crippen molar-refractivity contribution in [1.82, 2.24) is 15.3 Å². The van der Waals surface area contributed by atoms with Gasteiger partial charge in [0.25, 0.3) is 11.8 Å². The molecule has 270 valence electrons. The van der Waals surface area contributed by atoms with Crippen LogP contribution in [0.25, 0.3) is 11.1 Å². The van der Waals surface area contributed by atoms with E-state index in [1.165, 1.54) is 19.4 Å². The van der Waals surface area contributed by atoms with Gasteiger partial charge in [-0.2, -0.15) is 0 Å². The fourth-order valence-corrected chi connectivity index (χ4v) is 6.30. The molecule has 4 rings (SSSR count). The Labute approximate surface area is 301 Å². The van der Waals surface area contributed by atoms with Gasteiger partial charge in [-0.3, -0.25) is 24.4 Å². The van der Waals surface area contributed by atoms with Crippen LogP contribution in [0, 0.1) is 13.8 Å². The second-order valence-corrected chi connectivity index (χ2v) is 18.6. The molecule has 2 aromatic carbocycles. The number of pyridine rings is 2. The molecule has 0 aliphatic heterocycles. The third-order valence-electron chi connectivity index (χ3n) is 9.41. The lowest BCUT2D eigenvalue weighted by Crippen LogP contribution is -2.41. The molecular formula is C39H49N5O6Si. The van der Waals surface area contributed by atoms with Gasteiger partial charge in [0.05, 0.1) is 19.8 Å². The van der Waals surface area contributed by atoms with E-state index < -0.39 is 14.2 Å². The summed E-state index contributed by atoms with van der Waals surface area (Å²) >= 11 is 0. The number of ether oxygens (including phenoxy) is 2. The highest BCUT2D eigenvalue weighted by molar-refractivity contribution is 6.74. The van der Waals surface area contributed by atoms with Crippen molar-refractivity contribution in [2.45, 2.75) is 65.7 Å². The molecule has 0 saturated carbocycles. The summed E-state index contributed by atoms with van der Waals surface area (Å²) in [6.45, 7) is 17.1. The van der Waals surface area contributed by atoms with Crippen molar-refractivity contribution in [3.8, 4) is 22.6 Å². The summed E-state index contributed by atoms with van der Waals surface area (Å²) in [5, 5.41) is 9.53. The zero-order valence-corrected chi connectivity index (χ0v) is 32.0. The summed E-state index contributed by atoms with van der Waals surface area (Å²) in [7, 11) is 1.24. The predicted molar refractivity (Wildman–Crippen MR) is 204 cm³/mol. The molecule has 0 aliphatic rings. The van der Waals surface area contributed by atoms with Crippen LogP contribution < -0.4 is 25.4 Å². The van der Waals surface area contributed by atoms with Crippen molar-refractivity contribution in [3.05, 3.63) is 94.6 Å². The van der Waals surface area contributed by atoms with Gasteiger partial charge in [-0.25, -0.2) is 0 Å². The summed E-state index contributed by atoms with van der Waals surface area (Å²) in [5.41, 5.74) is 6.12. The van der Waals surface area contributed by atoms with Crippen LogP contribution >= 0.6 is 0 Å². The quantitative estimate of drug-likeness (QED) is 0.0646. The van der Waals surface area contributed by atoms with E-state index in [4.69, 9.17) is 13.9 Å². The van der Waals surface area contributed by atoms with Gasteiger partial charge < -0.3 is 29.9 Å². The van der Waals surface area contributed by atoms with E-state index in [1.54, 1.807) is 25.4 Å². The van der Waals surface area contributed by atoms with Crippen molar-refractivity contribution in [3.63, 3.8) is 0 Å². The molecule has 12 heteroatoms. The van der Waals surface area contributed by atoms with Crippen LogP contribution in [0.3, 0.4) is 0 Å². The standard InChI is InChI=1S/C39H49N5O6Si/c1-25-29(30-14-11-16-32(26(30)2)44-38(47)34-20-36(49-7)28(24-45)23-42-34)13-10-15-31(25)43-37(46)33-19-35(48-6)27(22-41-33)21-40-17-12-18-50-51(8,9)39(3,4)5/h10-11,13-16,19-20,22-24,40H,12,17-18,21H2,1-9H3,(H,43,46)(H,44,47). The summed E-state index contributed by atoms with van der Waals surface area (Å²) < 4.78 is 17.1. The normalized spacial score (nSPS) is 11.5. The highest BCUT2D eigenvalue weighted by Gasteiger charge is 2.36. The molecule has 2 aromatic heterocycles. The monoisotopic (exact) mass is 711 g/mol. The van der Waals surface area contributed by atoms with E-state index in [0.717, 1.165) is 40.8 Å². The molecule has 0 radical (unpaired) electrons. The molecule has 0 fully saturated rings. The van der Waals surface area contributed by atoms with Gasteiger partial charge in [-0.15, -0.1) is 0 Å². The number of nitrogens with zero attached hydrogens (tertiary/aromatic N) is 2. The predicted octanol–water partition coefficient (Wildman–Crippen LogP) is 7.60. The second-order valence-electron chi connectivity index (χ2n) is 13.8. The SMILES string of the molecule is COc1cc(C(=O)Nc2cccc(-c3cccc(NC(=O)c4cc(OC)c(CNCCCO[Si](C)(C)C(C)(C)C)cn4)c3C)c2C)ncc1C=O. The van der Waals surface area contributed by atoms with E-state index in [-0.39, 0.29) is 33.6 Å². The highest BCUT2D eigenvalue weighted by Crippen LogP contribution is 2.37. The summed E-state index contributed by atoms with van der Waals surface area (Å²) in [6, 6.07) is 14.4. The second kappa shape index (κ2) is 16.9. The van der Waals surface area contributed by atoms with Gasteiger partial charge >= 0.3 is 0 Å². The smallest absolute Gasteiger partial charge is 0.274 e. The first-order chi connectivity index (χ1) is 24.2. The van der Waals surface area contributed by atoms with Gasteiger partial charge in [0.2, 0.25) is 0 Å². The lowest BCUT2D eigenvalue weighted by atomic mass is 9.94. The number of benzene rings is 2. The first-order valence-corrected chi connectivity index (χ1v) is 19.8. The van der Waals surface area contributed by atoms with Crippen molar-refractivity contribution in [1.29, 1.82) is 0 Å². The number of carbonyl (C=O) groups excluding carboxylic acids is 3. The summed E-state index contributed by atoms with van der Waals surface area (Å²) in [4.78, 5) is 46.3. The Morgan fingerprint density at radius 2 is 1.35 bits per heavy atom. The average molecular weight is 712 g/mol. The van der Waals surface area contributed by atoms with Crippen LogP contribution in [0.2, 0.25) is 18.1 Å². The van der Waals surface area contributed by atoms with Crippen LogP contribution in [0.5, 0.6) is 11.5 Å². The lowest BCUT2D eigenvalue weighted by Gasteiger charge is -2.36. The van der Waals surface area contributed by atoms with Gasteiger partial charge in [-0.05, 0) is 79.3 Å². The third-order valence-corrected chi connectivity index (χ3v) is 13.9.